The molecule has 94 valence electrons. The molecule has 3 heteroatoms. The number of hydrogen-bond donors (Lipinski definition) is 2. The van der Waals surface area contributed by atoms with Crippen molar-refractivity contribution in [2.45, 2.75) is 12.8 Å². The van der Waals surface area contributed by atoms with Crippen LogP contribution in [0.2, 0.25) is 0 Å². The summed E-state index contributed by atoms with van der Waals surface area (Å²) in [5, 5.41) is 5.82. The molecule has 2 aliphatic rings. The Hall–Kier alpha value is -1.77. The minimum atomic E-state index is -0.104. The molecule has 1 fully saturated rings. The molecule has 0 spiro atoms. The SMILES string of the molecule is O=C(NC[C@H]1C[C@@H]2C=C[C@@H]1C2)Nc1ccccc1. The van der Waals surface area contributed by atoms with Crippen LogP contribution in [0.4, 0.5) is 10.5 Å². The van der Waals surface area contributed by atoms with E-state index in [1.54, 1.807) is 0 Å². The number of hydrogen-bond acceptors (Lipinski definition) is 1. The van der Waals surface area contributed by atoms with E-state index in [1.807, 2.05) is 30.3 Å². The molecular formula is C15H18N2O. The predicted octanol–water partition coefficient (Wildman–Crippen LogP) is 3.02. The summed E-state index contributed by atoms with van der Waals surface area (Å²) in [4.78, 5) is 11.7. The van der Waals surface area contributed by atoms with Gasteiger partial charge >= 0.3 is 6.03 Å². The molecule has 2 bridgehead atoms. The number of fused-ring (bicyclic) bond motifs is 2. The van der Waals surface area contributed by atoms with Crippen molar-refractivity contribution in [3.05, 3.63) is 42.5 Å². The van der Waals surface area contributed by atoms with Crippen LogP contribution < -0.4 is 10.6 Å². The molecule has 3 rings (SSSR count). The summed E-state index contributed by atoms with van der Waals surface area (Å²) in [7, 11) is 0. The van der Waals surface area contributed by atoms with Gasteiger partial charge in [-0.1, -0.05) is 30.4 Å². The third-order valence-electron chi connectivity index (χ3n) is 3.97. The first-order chi connectivity index (χ1) is 8.81. The lowest BCUT2D eigenvalue weighted by Crippen LogP contribution is -2.34. The summed E-state index contributed by atoms with van der Waals surface area (Å²) in [5.74, 6) is 2.08. The van der Waals surface area contributed by atoms with E-state index in [1.165, 1.54) is 12.8 Å². The Morgan fingerprint density at radius 1 is 1.17 bits per heavy atom. The van der Waals surface area contributed by atoms with Crippen LogP contribution in [0.25, 0.3) is 0 Å². The van der Waals surface area contributed by atoms with E-state index in [0.29, 0.717) is 11.8 Å². The molecule has 3 atom stereocenters. The summed E-state index contributed by atoms with van der Waals surface area (Å²) >= 11 is 0. The zero-order chi connectivity index (χ0) is 12.4. The van der Waals surface area contributed by atoms with E-state index >= 15 is 0 Å². The molecule has 0 aliphatic heterocycles. The fraction of sp³-hybridized carbons (Fsp3) is 0.400. The second-order valence-electron chi connectivity index (χ2n) is 5.24. The highest BCUT2D eigenvalue weighted by atomic mass is 16.2. The summed E-state index contributed by atoms with van der Waals surface area (Å²) < 4.78 is 0. The molecule has 1 aromatic carbocycles. The first kappa shape index (κ1) is 11.3. The fourth-order valence-electron chi connectivity index (χ4n) is 3.05. The zero-order valence-corrected chi connectivity index (χ0v) is 10.3. The Kier molecular flexibility index (Phi) is 3.05. The van der Waals surface area contributed by atoms with Crippen molar-refractivity contribution in [1.29, 1.82) is 0 Å². The predicted molar refractivity (Wildman–Crippen MR) is 72.3 cm³/mol. The van der Waals surface area contributed by atoms with E-state index in [0.717, 1.165) is 18.2 Å². The largest absolute Gasteiger partial charge is 0.338 e. The van der Waals surface area contributed by atoms with Crippen LogP contribution in [0.3, 0.4) is 0 Å². The van der Waals surface area contributed by atoms with Gasteiger partial charge in [0.1, 0.15) is 0 Å². The first-order valence-electron chi connectivity index (χ1n) is 6.59. The Balaban J connectivity index is 1.46. The highest BCUT2D eigenvalue weighted by Crippen LogP contribution is 2.42. The van der Waals surface area contributed by atoms with Crippen molar-refractivity contribution in [3.8, 4) is 0 Å². The van der Waals surface area contributed by atoms with Crippen LogP contribution in [0.5, 0.6) is 0 Å². The summed E-state index contributed by atoms with van der Waals surface area (Å²) in [6, 6.07) is 9.43. The minimum Gasteiger partial charge on any atom is -0.338 e. The molecule has 0 radical (unpaired) electrons. The van der Waals surface area contributed by atoms with E-state index in [2.05, 4.69) is 22.8 Å². The number of rotatable bonds is 3. The zero-order valence-electron chi connectivity index (χ0n) is 10.3. The van der Waals surface area contributed by atoms with Gasteiger partial charge < -0.3 is 10.6 Å². The normalized spacial score (nSPS) is 28.3. The molecule has 1 saturated carbocycles. The summed E-state index contributed by atoms with van der Waals surface area (Å²) in [6.07, 6.45) is 7.15. The Morgan fingerprint density at radius 2 is 2.00 bits per heavy atom. The number of carbonyl (C=O) groups excluding carboxylic acids is 1. The van der Waals surface area contributed by atoms with Gasteiger partial charge in [0, 0.05) is 12.2 Å². The summed E-state index contributed by atoms with van der Waals surface area (Å²) in [6.45, 7) is 0.782. The number of para-hydroxylation sites is 1. The van der Waals surface area contributed by atoms with Crippen molar-refractivity contribution < 1.29 is 4.79 Å². The highest BCUT2D eigenvalue weighted by molar-refractivity contribution is 5.89. The van der Waals surface area contributed by atoms with E-state index in [9.17, 15) is 4.79 Å². The van der Waals surface area contributed by atoms with Gasteiger partial charge in [0.25, 0.3) is 0 Å². The monoisotopic (exact) mass is 242 g/mol. The third kappa shape index (κ3) is 2.40. The molecule has 1 aromatic rings. The van der Waals surface area contributed by atoms with E-state index < -0.39 is 0 Å². The maximum Gasteiger partial charge on any atom is 0.319 e. The van der Waals surface area contributed by atoms with Gasteiger partial charge in [-0.25, -0.2) is 4.79 Å². The molecule has 2 amide bonds. The second-order valence-corrected chi connectivity index (χ2v) is 5.24. The number of anilines is 1. The maximum absolute atomic E-state index is 11.7. The highest BCUT2D eigenvalue weighted by Gasteiger charge is 2.35. The van der Waals surface area contributed by atoms with Crippen LogP contribution in [0.15, 0.2) is 42.5 Å². The van der Waals surface area contributed by atoms with Gasteiger partial charge in [0.05, 0.1) is 0 Å². The van der Waals surface area contributed by atoms with E-state index in [4.69, 9.17) is 0 Å². The fourth-order valence-corrected chi connectivity index (χ4v) is 3.05. The van der Waals surface area contributed by atoms with Gasteiger partial charge in [-0.3, -0.25) is 0 Å². The number of urea groups is 1. The molecule has 3 nitrogen and oxygen atoms in total. The van der Waals surface area contributed by atoms with Crippen LogP contribution in [0.1, 0.15) is 12.8 Å². The van der Waals surface area contributed by atoms with Crippen molar-refractivity contribution in [3.63, 3.8) is 0 Å². The van der Waals surface area contributed by atoms with Crippen molar-refractivity contribution in [2.24, 2.45) is 17.8 Å². The number of amides is 2. The average Bonchev–Trinajstić information content (AvgIpc) is 3.00. The van der Waals surface area contributed by atoms with E-state index in [-0.39, 0.29) is 6.03 Å². The molecule has 0 unspecified atom stereocenters. The minimum absolute atomic E-state index is 0.104. The standard InChI is InChI=1S/C15H18N2O/c18-15(17-14-4-2-1-3-5-14)16-10-13-9-11-6-7-12(13)8-11/h1-7,11-13H,8-10H2,(H2,16,17,18)/t11-,12-,13-/m1/s1. The molecule has 2 aliphatic carbocycles. The molecule has 2 N–H and O–H groups in total. The van der Waals surface area contributed by atoms with Crippen LogP contribution in [0, 0.1) is 17.8 Å². The molecular weight excluding hydrogens is 224 g/mol. The van der Waals surface area contributed by atoms with Crippen LogP contribution in [-0.4, -0.2) is 12.6 Å². The topological polar surface area (TPSA) is 41.1 Å². The number of nitrogens with one attached hydrogen (secondary N) is 2. The lowest BCUT2D eigenvalue weighted by Gasteiger charge is -2.18. The van der Waals surface area contributed by atoms with Gasteiger partial charge in [0.2, 0.25) is 0 Å². The lowest BCUT2D eigenvalue weighted by molar-refractivity contribution is 0.249. The smallest absolute Gasteiger partial charge is 0.319 e. The second kappa shape index (κ2) is 4.84. The van der Waals surface area contributed by atoms with Crippen molar-refractivity contribution in [2.75, 3.05) is 11.9 Å². The number of carbonyl (C=O) groups is 1. The van der Waals surface area contributed by atoms with Crippen LogP contribution in [-0.2, 0) is 0 Å². The molecule has 18 heavy (non-hydrogen) atoms. The summed E-state index contributed by atoms with van der Waals surface area (Å²) in [5.41, 5.74) is 0.836. The average molecular weight is 242 g/mol. The number of benzene rings is 1. The molecule has 0 saturated heterocycles. The van der Waals surface area contributed by atoms with Crippen LogP contribution >= 0.6 is 0 Å². The number of allylic oxidation sites excluding steroid dienone is 2. The van der Waals surface area contributed by atoms with Crippen molar-refractivity contribution >= 4 is 11.7 Å². The Morgan fingerprint density at radius 3 is 2.67 bits per heavy atom. The Labute approximate surface area is 107 Å². The quantitative estimate of drug-likeness (QED) is 0.786. The third-order valence-corrected chi connectivity index (χ3v) is 3.97. The van der Waals surface area contributed by atoms with Gasteiger partial charge in [-0.05, 0) is 42.7 Å². The van der Waals surface area contributed by atoms with Gasteiger partial charge in [-0.2, -0.15) is 0 Å². The van der Waals surface area contributed by atoms with Gasteiger partial charge in [-0.15, -0.1) is 0 Å². The van der Waals surface area contributed by atoms with Gasteiger partial charge in [0.15, 0.2) is 0 Å². The molecule has 0 aromatic heterocycles. The lowest BCUT2D eigenvalue weighted by atomic mass is 9.94. The maximum atomic E-state index is 11.7. The van der Waals surface area contributed by atoms with Crippen molar-refractivity contribution in [1.82, 2.24) is 5.32 Å². The first-order valence-corrected chi connectivity index (χ1v) is 6.59. The molecule has 0 heterocycles. The Bertz CT molecular complexity index is 455.